The largest absolute Gasteiger partial charge is 0.493 e. The second kappa shape index (κ2) is 7.43. The van der Waals surface area contributed by atoms with Gasteiger partial charge in [-0.25, -0.2) is 0 Å². The number of hydrogen-bond donors (Lipinski definition) is 1. The maximum atomic E-state index is 10.6. The van der Waals surface area contributed by atoms with Crippen molar-refractivity contribution in [3.8, 4) is 11.5 Å². The lowest BCUT2D eigenvalue weighted by molar-refractivity contribution is -0.137. The van der Waals surface area contributed by atoms with E-state index in [1.165, 1.54) is 0 Å². The summed E-state index contributed by atoms with van der Waals surface area (Å²) in [6, 6.07) is 5.80. The molecule has 0 spiro atoms. The summed E-state index contributed by atoms with van der Waals surface area (Å²) in [6.07, 6.45) is 2.76. The van der Waals surface area contributed by atoms with E-state index in [0.717, 1.165) is 35.0 Å². The van der Waals surface area contributed by atoms with E-state index >= 15 is 0 Å². The highest BCUT2D eigenvalue weighted by Crippen LogP contribution is 2.35. The Bertz CT molecular complexity index is 455. The van der Waals surface area contributed by atoms with Crippen LogP contribution in [0.25, 0.3) is 0 Å². The van der Waals surface area contributed by atoms with E-state index in [4.69, 9.17) is 14.6 Å². The molecule has 1 aromatic carbocycles. The Kier molecular flexibility index (Phi) is 5.59. The van der Waals surface area contributed by atoms with Crippen molar-refractivity contribution in [1.82, 2.24) is 0 Å². The zero-order chi connectivity index (χ0) is 14.4. The van der Waals surface area contributed by atoms with Gasteiger partial charge in [-0.2, -0.15) is 11.8 Å². The first-order valence-electron chi connectivity index (χ1n) is 6.82. The van der Waals surface area contributed by atoms with E-state index in [9.17, 15) is 4.79 Å². The van der Waals surface area contributed by atoms with E-state index < -0.39 is 5.97 Å². The highest BCUT2D eigenvalue weighted by atomic mass is 32.2. The molecule has 1 unspecified atom stereocenters. The van der Waals surface area contributed by atoms with Crippen molar-refractivity contribution in [3.63, 3.8) is 0 Å². The third-order valence-electron chi connectivity index (χ3n) is 3.29. The van der Waals surface area contributed by atoms with Crippen molar-refractivity contribution in [2.24, 2.45) is 0 Å². The molecule has 1 fully saturated rings. The summed E-state index contributed by atoms with van der Waals surface area (Å²) in [5.74, 6) is 2.89. The van der Waals surface area contributed by atoms with Crippen LogP contribution in [0, 0.1) is 0 Å². The summed E-state index contributed by atoms with van der Waals surface area (Å²) in [5.41, 5.74) is 1.03. The predicted octanol–water partition coefficient (Wildman–Crippen LogP) is 2.99. The van der Waals surface area contributed by atoms with Gasteiger partial charge in [0.05, 0.1) is 7.11 Å². The van der Waals surface area contributed by atoms with E-state index in [-0.39, 0.29) is 12.5 Å². The van der Waals surface area contributed by atoms with Crippen LogP contribution >= 0.6 is 11.8 Å². The van der Waals surface area contributed by atoms with Gasteiger partial charge in [0.2, 0.25) is 0 Å². The molecule has 1 aliphatic rings. The number of rotatable bonds is 7. The lowest BCUT2D eigenvalue weighted by Crippen LogP contribution is -2.16. The number of aryl methyl sites for hydroxylation is 1. The quantitative estimate of drug-likeness (QED) is 0.838. The third kappa shape index (κ3) is 4.07. The number of para-hydroxylation sites is 1. The number of benzene rings is 1. The number of carbonyl (C=O) groups is 1. The van der Waals surface area contributed by atoms with Crippen LogP contribution in [0.2, 0.25) is 0 Å². The molecule has 0 aliphatic carbocycles. The second-order valence-corrected chi connectivity index (χ2v) is 5.95. The van der Waals surface area contributed by atoms with Gasteiger partial charge in [0, 0.05) is 12.2 Å². The third-order valence-corrected chi connectivity index (χ3v) is 4.42. The number of hydrogen-bond acceptors (Lipinski definition) is 4. The Morgan fingerprint density at radius 1 is 1.50 bits per heavy atom. The number of ether oxygens (including phenoxy) is 2. The predicted molar refractivity (Wildman–Crippen MR) is 79.9 cm³/mol. The molecular weight excluding hydrogens is 276 g/mol. The zero-order valence-corrected chi connectivity index (χ0v) is 12.4. The van der Waals surface area contributed by atoms with E-state index in [1.54, 1.807) is 7.11 Å². The minimum Gasteiger partial charge on any atom is -0.493 e. The molecular formula is C15H20O4S. The van der Waals surface area contributed by atoms with Gasteiger partial charge < -0.3 is 14.6 Å². The first kappa shape index (κ1) is 15.0. The van der Waals surface area contributed by atoms with Crippen LogP contribution in [0.3, 0.4) is 0 Å². The topological polar surface area (TPSA) is 55.8 Å². The Balaban J connectivity index is 2.09. The monoisotopic (exact) mass is 296 g/mol. The van der Waals surface area contributed by atoms with Gasteiger partial charge in [-0.1, -0.05) is 12.1 Å². The number of aliphatic carboxylic acids is 1. The summed E-state index contributed by atoms with van der Waals surface area (Å²) in [7, 11) is 1.63. The smallest absolute Gasteiger partial charge is 0.303 e. The normalized spacial score (nSPS) is 17.9. The van der Waals surface area contributed by atoms with Crippen LogP contribution in [-0.2, 0) is 11.2 Å². The molecule has 4 nitrogen and oxygen atoms in total. The molecule has 110 valence electrons. The van der Waals surface area contributed by atoms with Gasteiger partial charge in [-0.3, -0.25) is 4.79 Å². The number of carboxylic acids is 1. The molecule has 1 heterocycles. The first-order chi connectivity index (χ1) is 9.70. The number of methoxy groups -OCH3 is 1. The second-order valence-electron chi connectivity index (χ2n) is 4.80. The van der Waals surface area contributed by atoms with Gasteiger partial charge >= 0.3 is 5.97 Å². The molecule has 0 aromatic heterocycles. The fourth-order valence-electron chi connectivity index (χ4n) is 2.26. The Labute approximate surface area is 123 Å². The maximum absolute atomic E-state index is 10.6. The van der Waals surface area contributed by atoms with Gasteiger partial charge in [-0.05, 0) is 36.6 Å². The fraction of sp³-hybridized carbons (Fsp3) is 0.533. The molecule has 0 amide bonds. The SMILES string of the molecule is COc1cccc(CCCC(=O)O)c1OC1CCSC1. The van der Waals surface area contributed by atoms with Crippen LogP contribution in [0.5, 0.6) is 11.5 Å². The highest BCUT2D eigenvalue weighted by Gasteiger charge is 2.20. The van der Waals surface area contributed by atoms with Gasteiger partial charge in [-0.15, -0.1) is 0 Å². The molecule has 0 radical (unpaired) electrons. The molecule has 5 heteroatoms. The van der Waals surface area contributed by atoms with Crippen LogP contribution in [0.15, 0.2) is 18.2 Å². The zero-order valence-electron chi connectivity index (χ0n) is 11.6. The molecule has 20 heavy (non-hydrogen) atoms. The number of thioether (sulfide) groups is 1. The van der Waals surface area contributed by atoms with Gasteiger partial charge in [0.25, 0.3) is 0 Å². The van der Waals surface area contributed by atoms with Crippen molar-refractivity contribution in [2.45, 2.75) is 31.8 Å². The minimum absolute atomic E-state index is 0.177. The average molecular weight is 296 g/mol. The lowest BCUT2D eigenvalue weighted by Gasteiger charge is -2.18. The number of carboxylic acid groups (broad SMARTS) is 1. The molecule has 1 atom stereocenters. The molecule has 1 aliphatic heterocycles. The van der Waals surface area contributed by atoms with Crippen LogP contribution in [0.1, 0.15) is 24.8 Å². The molecule has 1 saturated heterocycles. The summed E-state index contributed by atoms with van der Waals surface area (Å²) >= 11 is 1.90. The summed E-state index contributed by atoms with van der Waals surface area (Å²) < 4.78 is 11.5. The van der Waals surface area contributed by atoms with Crippen molar-refractivity contribution in [3.05, 3.63) is 23.8 Å². The van der Waals surface area contributed by atoms with Crippen LogP contribution in [0.4, 0.5) is 0 Å². The van der Waals surface area contributed by atoms with Gasteiger partial charge in [0.15, 0.2) is 11.5 Å². The highest BCUT2D eigenvalue weighted by molar-refractivity contribution is 7.99. The summed E-state index contributed by atoms with van der Waals surface area (Å²) in [6.45, 7) is 0. The van der Waals surface area contributed by atoms with Crippen LogP contribution < -0.4 is 9.47 Å². The molecule has 0 bridgehead atoms. The maximum Gasteiger partial charge on any atom is 0.303 e. The molecule has 0 saturated carbocycles. The van der Waals surface area contributed by atoms with E-state index in [1.807, 2.05) is 30.0 Å². The molecule has 1 N–H and O–H groups in total. The Morgan fingerprint density at radius 2 is 2.35 bits per heavy atom. The van der Waals surface area contributed by atoms with Gasteiger partial charge in [0.1, 0.15) is 6.10 Å². The standard InChI is InChI=1S/C15H20O4S/c1-18-13-6-2-4-11(5-3-7-14(16)17)15(13)19-12-8-9-20-10-12/h2,4,6,12H,3,5,7-10H2,1H3,(H,16,17). The minimum atomic E-state index is -0.762. The summed E-state index contributed by atoms with van der Waals surface area (Å²) in [5, 5.41) is 8.73. The Hall–Kier alpha value is -1.36. The summed E-state index contributed by atoms with van der Waals surface area (Å²) in [4.78, 5) is 10.6. The Morgan fingerprint density at radius 3 is 3.00 bits per heavy atom. The lowest BCUT2D eigenvalue weighted by atomic mass is 10.1. The van der Waals surface area contributed by atoms with Crippen molar-refractivity contribution >= 4 is 17.7 Å². The van der Waals surface area contributed by atoms with E-state index in [2.05, 4.69) is 0 Å². The average Bonchev–Trinajstić information content (AvgIpc) is 2.93. The van der Waals surface area contributed by atoms with Crippen molar-refractivity contribution < 1.29 is 19.4 Å². The van der Waals surface area contributed by atoms with Crippen molar-refractivity contribution in [2.75, 3.05) is 18.6 Å². The molecule has 1 aromatic rings. The molecule has 2 rings (SSSR count). The first-order valence-corrected chi connectivity index (χ1v) is 7.98. The van der Waals surface area contributed by atoms with Crippen LogP contribution in [-0.4, -0.2) is 35.8 Å². The van der Waals surface area contributed by atoms with E-state index in [0.29, 0.717) is 12.8 Å². The fourth-order valence-corrected chi connectivity index (χ4v) is 3.35. The van der Waals surface area contributed by atoms with Crippen molar-refractivity contribution in [1.29, 1.82) is 0 Å².